The number of rotatable bonds is 4. The minimum atomic E-state index is -0.0912. The first-order valence-electron chi connectivity index (χ1n) is 8.41. The second-order valence-electron chi connectivity index (χ2n) is 6.15. The van der Waals surface area contributed by atoms with Gasteiger partial charge in [0.15, 0.2) is 0 Å². The predicted octanol–water partition coefficient (Wildman–Crippen LogP) is 3.86. The minimum Gasteiger partial charge on any atom is -0.350 e. The van der Waals surface area contributed by atoms with Gasteiger partial charge in [-0.05, 0) is 23.6 Å². The van der Waals surface area contributed by atoms with E-state index in [1.54, 1.807) is 0 Å². The monoisotopic (exact) mass is 342 g/mol. The van der Waals surface area contributed by atoms with Crippen molar-refractivity contribution in [3.63, 3.8) is 0 Å². The lowest BCUT2D eigenvalue weighted by Crippen LogP contribution is -2.30. The molecule has 0 atom stereocenters. The van der Waals surface area contributed by atoms with Crippen molar-refractivity contribution in [3.8, 4) is 0 Å². The van der Waals surface area contributed by atoms with Crippen LogP contribution in [-0.4, -0.2) is 29.5 Å². The summed E-state index contributed by atoms with van der Waals surface area (Å²) >= 11 is 0. The zero-order chi connectivity index (χ0) is 17.9. The summed E-state index contributed by atoms with van der Waals surface area (Å²) in [4.78, 5) is 23.0. The third-order valence-corrected chi connectivity index (χ3v) is 4.33. The average Bonchev–Trinajstić information content (AvgIpc) is 2.67. The molecule has 0 aliphatic carbocycles. The summed E-state index contributed by atoms with van der Waals surface area (Å²) in [6, 6.07) is 21.7. The summed E-state index contributed by atoms with van der Waals surface area (Å²) in [7, 11) is 1.86. The van der Waals surface area contributed by atoms with Gasteiger partial charge in [0.2, 0.25) is 5.91 Å². The van der Waals surface area contributed by atoms with Crippen molar-refractivity contribution in [1.29, 1.82) is 0 Å². The molecule has 5 heteroatoms. The van der Waals surface area contributed by atoms with Crippen LogP contribution in [0.5, 0.6) is 0 Å². The Kier molecular flexibility index (Phi) is 4.19. The number of benzene rings is 3. The Morgan fingerprint density at radius 3 is 2.54 bits per heavy atom. The van der Waals surface area contributed by atoms with E-state index in [1.807, 2.05) is 78.7 Å². The number of likely N-dealkylation sites (N-methyl/N-ethyl adjacent to an activating group) is 1. The molecule has 4 rings (SSSR count). The molecule has 0 spiro atoms. The maximum atomic E-state index is 12.6. The number of aromatic nitrogens is 2. The molecule has 1 aromatic heterocycles. The lowest BCUT2D eigenvalue weighted by atomic mass is 10.1. The van der Waals surface area contributed by atoms with E-state index in [0.717, 1.165) is 33.2 Å². The van der Waals surface area contributed by atoms with Crippen LogP contribution in [0.2, 0.25) is 0 Å². The van der Waals surface area contributed by atoms with Crippen molar-refractivity contribution in [2.24, 2.45) is 0 Å². The SMILES string of the molecule is CN(CC(=O)Nc1cccc2ccccc12)c1ncnc2ccccc12. The maximum absolute atomic E-state index is 12.6. The maximum Gasteiger partial charge on any atom is 0.243 e. The molecule has 0 bridgehead atoms. The summed E-state index contributed by atoms with van der Waals surface area (Å²) in [6.45, 7) is 0.199. The average molecular weight is 342 g/mol. The highest BCUT2D eigenvalue weighted by atomic mass is 16.2. The number of amides is 1. The van der Waals surface area contributed by atoms with E-state index < -0.39 is 0 Å². The van der Waals surface area contributed by atoms with Crippen molar-refractivity contribution < 1.29 is 4.79 Å². The van der Waals surface area contributed by atoms with Crippen LogP contribution in [0.15, 0.2) is 73.1 Å². The van der Waals surface area contributed by atoms with E-state index in [1.165, 1.54) is 6.33 Å². The van der Waals surface area contributed by atoms with Crippen molar-refractivity contribution in [1.82, 2.24) is 9.97 Å². The zero-order valence-corrected chi connectivity index (χ0v) is 14.4. The zero-order valence-electron chi connectivity index (χ0n) is 14.4. The van der Waals surface area contributed by atoms with Crippen molar-refractivity contribution in [2.45, 2.75) is 0 Å². The molecule has 1 amide bonds. The number of nitrogens with one attached hydrogen (secondary N) is 1. The number of hydrogen-bond donors (Lipinski definition) is 1. The molecule has 0 radical (unpaired) electrons. The first kappa shape index (κ1) is 16.0. The highest BCUT2D eigenvalue weighted by Crippen LogP contribution is 2.24. The fraction of sp³-hybridized carbons (Fsp3) is 0.0952. The van der Waals surface area contributed by atoms with E-state index in [9.17, 15) is 4.79 Å². The highest BCUT2D eigenvalue weighted by Gasteiger charge is 2.13. The van der Waals surface area contributed by atoms with Crippen LogP contribution in [-0.2, 0) is 4.79 Å². The molecule has 0 unspecified atom stereocenters. The van der Waals surface area contributed by atoms with Crippen LogP contribution in [0, 0.1) is 0 Å². The Bertz CT molecular complexity index is 1080. The van der Waals surface area contributed by atoms with Crippen molar-refractivity contribution in [3.05, 3.63) is 73.1 Å². The fourth-order valence-corrected chi connectivity index (χ4v) is 3.11. The molecule has 3 aromatic carbocycles. The van der Waals surface area contributed by atoms with E-state index >= 15 is 0 Å². The molecule has 4 aromatic rings. The van der Waals surface area contributed by atoms with Gasteiger partial charge in [0.05, 0.1) is 12.1 Å². The number of anilines is 2. The Hall–Kier alpha value is -3.47. The molecule has 0 saturated carbocycles. The summed E-state index contributed by atoms with van der Waals surface area (Å²) in [5, 5.41) is 6.06. The van der Waals surface area contributed by atoms with Crippen LogP contribution < -0.4 is 10.2 Å². The van der Waals surface area contributed by atoms with Crippen LogP contribution in [0.1, 0.15) is 0 Å². The van der Waals surface area contributed by atoms with Gasteiger partial charge in [0, 0.05) is 23.5 Å². The lowest BCUT2D eigenvalue weighted by molar-refractivity contribution is -0.114. The third-order valence-electron chi connectivity index (χ3n) is 4.33. The Morgan fingerprint density at radius 2 is 1.65 bits per heavy atom. The molecule has 5 nitrogen and oxygen atoms in total. The molecule has 0 aliphatic heterocycles. The van der Waals surface area contributed by atoms with Gasteiger partial charge in [-0.25, -0.2) is 9.97 Å². The molecule has 1 heterocycles. The van der Waals surface area contributed by atoms with Crippen LogP contribution in [0.3, 0.4) is 0 Å². The minimum absolute atomic E-state index is 0.0912. The Morgan fingerprint density at radius 1 is 0.923 bits per heavy atom. The summed E-state index contributed by atoms with van der Waals surface area (Å²) < 4.78 is 0. The number of carbonyl (C=O) groups excluding carboxylic acids is 1. The highest BCUT2D eigenvalue weighted by molar-refractivity contribution is 6.03. The second-order valence-corrected chi connectivity index (χ2v) is 6.15. The number of fused-ring (bicyclic) bond motifs is 2. The third kappa shape index (κ3) is 3.07. The van der Waals surface area contributed by atoms with Crippen molar-refractivity contribution >= 4 is 39.1 Å². The molecule has 128 valence electrons. The van der Waals surface area contributed by atoms with E-state index in [4.69, 9.17) is 0 Å². The van der Waals surface area contributed by atoms with Gasteiger partial charge in [0.1, 0.15) is 12.1 Å². The van der Waals surface area contributed by atoms with Gasteiger partial charge in [-0.15, -0.1) is 0 Å². The number of nitrogens with zero attached hydrogens (tertiary/aromatic N) is 3. The molecule has 1 N–H and O–H groups in total. The summed E-state index contributed by atoms with van der Waals surface area (Å²) in [6.07, 6.45) is 1.52. The standard InChI is InChI=1S/C21H18N4O/c1-25(21-17-10-4-5-11-18(17)22-14-23-21)13-20(26)24-19-12-6-8-15-7-2-3-9-16(15)19/h2-12,14H,13H2,1H3,(H,24,26). The van der Waals surface area contributed by atoms with E-state index in [0.29, 0.717) is 0 Å². The first-order valence-corrected chi connectivity index (χ1v) is 8.41. The van der Waals surface area contributed by atoms with Crippen LogP contribution >= 0.6 is 0 Å². The first-order chi connectivity index (χ1) is 12.7. The van der Waals surface area contributed by atoms with E-state index in [-0.39, 0.29) is 12.5 Å². The molecule has 26 heavy (non-hydrogen) atoms. The molecule has 0 fully saturated rings. The smallest absolute Gasteiger partial charge is 0.243 e. The Balaban J connectivity index is 1.56. The second kappa shape index (κ2) is 6.80. The topological polar surface area (TPSA) is 58.1 Å². The number of para-hydroxylation sites is 1. The van der Waals surface area contributed by atoms with Crippen LogP contribution in [0.25, 0.3) is 21.7 Å². The van der Waals surface area contributed by atoms with Crippen LogP contribution in [0.4, 0.5) is 11.5 Å². The van der Waals surface area contributed by atoms with Crippen molar-refractivity contribution in [2.75, 3.05) is 23.8 Å². The van der Waals surface area contributed by atoms with Gasteiger partial charge in [-0.3, -0.25) is 4.79 Å². The number of hydrogen-bond acceptors (Lipinski definition) is 4. The summed E-state index contributed by atoms with van der Waals surface area (Å²) in [5.41, 5.74) is 1.67. The summed E-state index contributed by atoms with van der Waals surface area (Å²) in [5.74, 6) is 0.648. The molecular weight excluding hydrogens is 324 g/mol. The fourth-order valence-electron chi connectivity index (χ4n) is 3.11. The lowest BCUT2D eigenvalue weighted by Gasteiger charge is -2.19. The predicted molar refractivity (Wildman–Crippen MR) is 105 cm³/mol. The quantitative estimate of drug-likeness (QED) is 0.612. The van der Waals surface area contributed by atoms with E-state index in [2.05, 4.69) is 15.3 Å². The van der Waals surface area contributed by atoms with Gasteiger partial charge >= 0.3 is 0 Å². The number of carbonyl (C=O) groups is 1. The van der Waals surface area contributed by atoms with Gasteiger partial charge in [0.25, 0.3) is 0 Å². The van der Waals surface area contributed by atoms with Gasteiger partial charge in [-0.2, -0.15) is 0 Å². The molecule has 0 aliphatic rings. The largest absolute Gasteiger partial charge is 0.350 e. The molecule has 0 saturated heterocycles. The van der Waals surface area contributed by atoms with Gasteiger partial charge in [-0.1, -0.05) is 48.5 Å². The normalized spacial score (nSPS) is 10.8. The molecular formula is C21H18N4O. The van der Waals surface area contributed by atoms with Gasteiger partial charge < -0.3 is 10.2 Å². The Labute approximate surface area is 151 Å².